The molecule has 0 saturated carbocycles. The van der Waals surface area contributed by atoms with E-state index in [0.717, 1.165) is 5.65 Å². The zero-order chi connectivity index (χ0) is 16.3. The number of pyridine rings is 1. The van der Waals surface area contributed by atoms with Crippen LogP contribution in [0, 0.1) is 0 Å². The zero-order valence-electron chi connectivity index (χ0n) is 12.7. The molecule has 2 N–H and O–H groups in total. The van der Waals surface area contributed by atoms with Crippen LogP contribution < -0.4 is 5.32 Å². The lowest BCUT2D eigenvalue weighted by Gasteiger charge is -2.36. The highest BCUT2D eigenvalue weighted by molar-refractivity contribution is 5.80. The van der Waals surface area contributed by atoms with Gasteiger partial charge >= 0.3 is 5.97 Å². The summed E-state index contributed by atoms with van der Waals surface area (Å²) in [5.41, 5.74) is 0.716. The first-order chi connectivity index (χ1) is 11.1. The third-order valence-corrected chi connectivity index (χ3v) is 4.10. The Kier molecular flexibility index (Phi) is 4.29. The number of rotatable bonds is 5. The van der Waals surface area contributed by atoms with Gasteiger partial charge < -0.3 is 19.6 Å². The van der Waals surface area contributed by atoms with Gasteiger partial charge in [-0.3, -0.25) is 9.59 Å². The average molecular weight is 317 g/mol. The number of aliphatic carboxylic acids is 1. The Labute approximate surface area is 133 Å². The quantitative estimate of drug-likeness (QED) is 0.859. The molecule has 7 heteroatoms. The van der Waals surface area contributed by atoms with Crippen molar-refractivity contribution in [2.24, 2.45) is 0 Å². The Hall–Kier alpha value is -2.41. The van der Waals surface area contributed by atoms with Crippen LogP contribution in [0.5, 0.6) is 0 Å². The molecule has 0 unspecified atom stereocenters. The minimum Gasteiger partial charge on any atom is -0.481 e. The van der Waals surface area contributed by atoms with E-state index in [1.807, 2.05) is 35.0 Å². The van der Waals surface area contributed by atoms with E-state index >= 15 is 0 Å². The molecule has 122 valence electrons. The molecule has 1 amide bonds. The maximum atomic E-state index is 12.4. The van der Waals surface area contributed by atoms with Crippen molar-refractivity contribution in [1.82, 2.24) is 14.7 Å². The molecule has 0 radical (unpaired) electrons. The summed E-state index contributed by atoms with van der Waals surface area (Å²) in [7, 11) is 0. The van der Waals surface area contributed by atoms with Crippen LogP contribution in [-0.4, -0.2) is 45.1 Å². The van der Waals surface area contributed by atoms with E-state index in [1.165, 1.54) is 0 Å². The molecule has 2 aromatic rings. The molecule has 1 aliphatic heterocycles. The number of hydrogen-bond acceptors (Lipinski definition) is 4. The number of nitrogens with zero attached hydrogens (tertiary/aromatic N) is 2. The minimum absolute atomic E-state index is 0.0900. The van der Waals surface area contributed by atoms with Gasteiger partial charge in [0.1, 0.15) is 5.65 Å². The molecular weight excluding hydrogens is 298 g/mol. The Bertz CT molecular complexity index is 686. The van der Waals surface area contributed by atoms with Crippen LogP contribution in [0.15, 0.2) is 30.6 Å². The summed E-state index contributed by atoms with van der Waals surface area (Å²) >= 11 is 0. The molecule has 1 aliphatic rings. The lowest BCUT2D eigenvalue weighted by atomic mass is 9.86. The second-order valence-electron chi connectivity index (χ2n) is 5.89. The van der Waals surface area contributed by atoms with Gasteiger partial charge in [0.05, 0.1) is 24.1 Å². The number of carboxylic acid groups (broad SMARTS) is 1. The largest absolute Gasteiger partial charge is 0.481 e. The Morgan fingerprint density at radius 1 is 1.35 bits per heavy atom. The number of carbonyl (C=O) groups excluding carboxylic acids is 1. The fourth-order valence-electron chi connectivity index (χ4n) is 2.97. The molecule has 0 bridgehead atoms. The molecule has 1 saturated heterocycles. The fraction of sp³-hybridized carbons (Fsp3) is 0.438. The number of nitrogens with one attached hydrogen (secondary N) is 1. The van der Waals surface area contributed by atoms with Gasteiger partial charge in [-0.15, -0.1) is 0 Å². The standard InChI is InChI=1S/C16H19N3O4/c20-14(9-12-11-19-6-2-1-3-13(19)17-12)18-16(10-15(21)22)4-7-23-8-5-16/h1-3,6,11H,4-5,7-10H2,(H,18,20)(H,21,22). The van der Waals surface area contributed by atoms with Gasteiger partial charge in [-0.2, -0.15) is 0 Å². The van der Waals surface area contributed by atoms with Crippen molar-refractivity contribution < 1.29 is 19.4 Å². The number of ether oxygens (including phenoxy) is 1. The van der Waals surface area contributed by atoms with E-state index in [0.29, 0.717) is 31.7 Å². The molecule has 0 aliphatic carbocycles. The number of imidazole rings is 1. The third kappa shape index (κ3) is 3.68. The molecule has 23 heavy (non-hydrogen) atoms. The van der Waals surface area contributed by atoms with Gasteiger partial charge in [0.2, 0.25) is 5.91 Å². The predicted molar refractivity (Wildman–Crippen MR) is 82.1 cm³/mol. The van der Waals surface area contributed by atoms with Crippen LogP contribution in [0.1, 0.15) is 25.0 Å². The summed E-state index contributed by atoms with van der Waals surface area (Å²) in [6.45, 7) is 0.920. The summed E-state index contributed by atoms with van der Waals surface area (Å²) in [6.07, 6.45) is 4.74. The second-order valence-corrected chi connectivity index (χ2v) is 5.89. The Morgan fingerprint density at radius 2 is 2.13 bits per heavy atom. The maximum absolute atomic E-state index is 12.4. The third-order valence-electron chi connectivity index (χ3n) is 4.10. The molecule has 3 heterocycles. The Balaban J connectivity index is 1.70. The SMILES string of the molecule is O=C(O)CC1(NC(=O)Cc2cn3ccccc3n2)CCOCC1. The van der Waals surface area contributed by atoms with E-state index in [2.05, 4.69) is 10.3 Å². The first kappa shape index (κ1) is 15.5. The number of carboxylic acids is 1. The van der Waals surface area contributed by atoms with Crippen molar-refractivity contribution in [3.05, 3.63) is 36.3 Å². The number of amides is 1. The molecule has 1 fully saturated rings. The summed E-state index contributed by atoms with van der Waals surface area (Å²) in [5.74, 6) is -1.13. The second kappa shape index (κ2) is 6.37. The number of carbonyl (C=O) groups is 2. The van der Waals surface area contributed by atoms with Crippen LogP contribution >= 0.6 is 0 Å². The molecule has 3 rings (SSSR count). The van der Waals surface area contributed by atoms with E-state index in [9.17, 15) is 9.59 Å². The molecule has 0 aromatic carbocycles. The number of fused-ring (bicyclic) bond motifs is 1. The van der Waals surface area contributed by atoms with Crippen LogP contribution in [0.25, 0.3) is 5.65 Å². The summed E-state index contributed by atoms with van der Waals surface area (Å²) in [4.78, 5) is 27.9. The minimum atomic E-state index is -0.917. The topological polar surface area (TPSA) is 92.9 Å². The van der Waals surface area contributed by atoms with Crippen molar-refractivity contribution in [3.8, 4) is 0 Å². The number of aromatic nitrogens is 2. The lowest BCUT2D eigenvalue weighted by molar-refractivity contribution is -0.140. The Morgan fingerprint density at radius 3 is 2.83 bits per heavy atom. The number of hydrogen-bond donors (Lipinski definition) is 2. The zero-order valence-corrected chi connectivity index (χ0v) is 12.7. The van der Waals surface area contributed by atoms with Gasteiger partial charge in [0, 0.05) is 25.6 Å². The van der Waals surface area contributed by atoms with Crippen molar-refractivity contribution in [2.75, 3.05) is 13.2 Å². The van der Waals surface area contributed by atoms with Gasteiger partial charge in [0.15, 0.2) is 0 Å². The fourth-order valence-corrected chi connectivity index (χ4v) is 2.97. The summed E-state index contributed by atoms with van der Waals surface area (Å²) in [6, 6.07) is 5.64. The smallest absolute Gasteiger partial charge is 0.305 e. The highest BCUT2D eigenvalue weighted by Crippen LogP contribution is 2.24. The predicted octanol–water partition coefficient (Wildman–Crippen LogP) is 1.02. The van der Waals surface area contributed by atoms with E-state index in [-0.39, 0.29) is 18.7 Å². The van der Waals surface area contributed by atoms with E-state index in [4.69, 9.17) is 9.84 Å². The van der Waals surface area contributed by atoms with Gasteiger partial charge in [-0.05, 0) is 25.0 Å². The first-order valence-electron chi connectivity index (χ1n) is 7.60. The molecular formula is C16H19N3O4. The first-order valence-corrected chi connectivity index (χ1v) is 7.60. The van der Waals surface area contributed by atoms with Crippen molar-refractivity contribution in [2.45, 2.75) is 31.2 Å². The summed E-state index contributed by atoms with van der Waals surface area (Å²) in [5, 5.41) is 12.0. The molecule has 2 aromatic heterocycles. The maximum Gasteiger partial charge on any atom is 0.305 e. The monoisotopic (exact) mass is 317 g/mol. The molecule has 0 spiro atoms. The van der Waals surface area contributed by atoms with Gasteiger partial charge in [0.25, 0.3) is 0 Å². The lowest BCUT2D eigenvalue weighted by Crippen LogP contribution is -2.53. The normalized spacial score (nSPS) is 17.0. The van der Waals surface area contributed by atoms with Crippen LogP contribution in [0.2, 0.25) is 0 Å². The van der Waals surface area contributed by atoms with Crippen LogP contribution in [-0.2, 0) is 20.7 Å². The van der Waals surface area contributed by atoms with Crippen molar-refractivity contribution >= 4 is 17.5 Å². The van der Waals surface area contributed by atoms with Crippen molar-refractivity contribution in [1.29, 1.82) is 0 Å². The highest BCUT2D eigenvalue weighted by Gasteiger charge is 2.36. The van der Waals surface area contributed by atoms with Crippen molar-refractivity contribution in [3.63, 3.8) is 0 Å². The summed E-state index contributed by atoms with van der Waals surface area (Å²) < 4.78 is 7.14. The molecule has 0 atom stereocenters. The van der Waals surface area contributed by atoms with E-state index in [1.54, 1.807) is 0 Å². The van der Waals surface area contributed by atoms with Crippen LogP contribution in [0.3, 0.4) is 0 Å². The van der Waals surface area contributed by atoms with E-state index < -0.39 is 11.5 Å². The molecule has 7 nitrogen and oxygen atoms in total. The highest BCUT2D eigenvalue weighted by atomic mass is 16.5. The van der Waals surface area contributed by atoms with Gasteiger partial charge in [-0.25, -0.2) is 4.98 Å². The van der Waals surface area contributed by atoms with Crippen LogP contribution in [0.4, 0.5) is 0 Å². The average Bonchev–Trinajstić information content (AvgIpc) is 2.88. The van der Waals surface area contributed by atoms with Gasteiger partial charge in [-0.1, -0.05) is 6.07 Å².